The largest absolute Gasteiger partial charge is 0.315 e. The van der Waals surface area contributed by atoms with E-state index in [2.05, 4.69) is 0 Å². The summed E-state index contributed by atoms with van der Waals surface area (Å²) < 4.78 is 0. The number of carbonyl (C=O) groups excluding carboxylic acids is 2. The average molecular weight is 142 g/mol. The Balaban J connectivity index is 3.00. The second kappa shape index (κ2) is 1.86. The number of hydrazine groups is 1. The number of carbonyl (C=O) groups is 2. The molecule has 1 saturated heterocycles. The molecule has 1 atom stereocenters. The van der Waals surface area contributed by atoms with Crippen LogP contribution in [0, 0.1) is 5.41 Å². The van der Waals surface area contributed by atoms with Gasteiger partial charge in [0.25, 0.3) is 11.8 Å². The first kappa shape index (κ1) is 6.84. The molecule has 0 aliphatic carbocycles. The zero-order valence-corrected chi connectivity index (χ0v) is 5.00. The molecule has 2 amide bonds. The van der Waals surface area contributed by atoms with E-state index in [9.17, 15) is 9.59 Å². The number of nitrogens with zero attached hydrogens (tertiary/aromatic N) is 1. The highest BCUT2D eigenvalue weighted by atomic mass is 16.2. The van der Waals surface area contributed by atoms with E-state index in [1.54, 1.807) is 0 Å². The van der Waals surface area contributed by atoms with Crippen molar-refractivity contribution in [2.45, 2.75) is 6.04 Å². The summed E-state index contributed by atoms with van der Waals surface area (Å²) in [6.07, 6.45) is 0. The van der Waals surface area contributed by atoms with Gasteiger partial charge in [-0.3, -0.25) is 15.0 Å². The van der Waals surface area contributed by atoms with Gasteiger partial charge in [-0.1, -0.05) is 0 Å². The average Bonchev–Trinajstić information content (AvgIpc) is 2.07. The fourth-order valence-electron chi connectivity index (χ4n) is 0.636. The smallest absolute Gasteiger partial charge is 0.290 e. The Labute approximate surface area is 56.2 Å². The highest BCUT2D eigenvalue weighted by Gasteiger charge is 2.39. The van der Waals surface area contributed by atoms with Gasteiger partial charge in [-0.25, -0.2) is 10.9 Å². The summed E-state index contributed by atoms with van der Waals surface area (Å²) in [5, 5.41) is 7.26. The second-order valence-corrected chi connectivity index (χ2v) is 1.90. The van der Waals surface area contributed by atoms with Gasteiger partial charge in [-0.15, -0.1) is 0 Å². The Hall–Kier alpha value is -1.27. The van der Waals surface area contributed by atoms with Crippen LogP contribution in [-0.2, 0) is 9.59 Å². The van der Waals surface area contributed by atoms with Crippen molar-refractivity contribution in [2.75, 3.05) is 0 Å². The third-order valence-electron chi connectivity index (χ3n) is 1.26. The Morgan fingerprint density at radius 2 is 2.00 bits per heavy atom. The summed E-state index contributed by atoms with van der Waals surface area (Å²) >= 11 is 0. The highest BCUT2D eigenvalue weighted by molar-refractivity contribution is 6.50. The maximum Gasteiger partial charge on any atom is 0.290 e. The molecule has 0 spiro atoms. The van der Waals surface area contributed by atoms with Crippen LogP contribution in [0.15, 0.2) is 0 Å². The molecule has 10 heavy (non-hydrogen) atoms. The molecule has 6 heteroatoms. The first-order chi connectivity index (χ1) is 4.55. The van der Waals surface area contributed by atoms with Crippen molar-refractivity contribution >= 4 is 17.5 Å². The third-order valence-corrected chi connectivity index (χ3v) is 1.26. The number of nitrogens with two attached hydrogens (primary N) is 2. The van der Waals surface area contributed by atoms with Crippen molar-refractivity contribution in [3.05, 3.63) is 0 Å². The Morgan fingerprint density at radius 1 is 1.50 bits per heavy atom. The highest BCUT2D eigenvalue weighted by Crippen LogP contribution is 2.01. The van der Waals surface area contributed by atoms with E-state index >= 15 is 0 Å². The molecular formula is C4H6N4O2. The van der Waals surface area contributed by atoms with Crippen LogP contribution in [0.2, 0.25) is 0 Å². The van der Waals surface area contributed by atoms with Crippen LogP contribution < -0.4 is 11.6 Å². The van der Waals surface area contributed by atoms with E-state index in [0.29, 0.717) is 5.01 Å². The lowest BCUT2D eigenvalue weighted by molar-refractivity contribution is -0.137. The minimum absolute atomic E-state index is 0.354. The molecule has 54 valence electrons. The minimum Gasteiger partial charge on any atom is -0.315 e. The second-order valence-electron chi connectivity index (χ2n) is 1.90. The number of nitrogens with one attached hydrogen (secondary N) is 1. The molecular weight excluding hydrogens is 136 g/mol. The quantitative estimate of drug-likeness (QED) is 0.198. The van der Waals surface area contributed by atoms with Crippen LogP contribution in [0.3, 0.4) is 0 Å². The lowest BCUT2D eigenvalue weighted by Gasteiger charge is -2.01. The summed E-state index contributed by atoms with van der Waals surface area (Å²) in [5.74, 6) is 3.37. The van der Waals surface area contributed by atoms with E-state index in [0.717, 1.165) is 0 Å². The van der Waals surface area contributed by atoms with Gasteiger partial charge in [-0.05, 0) is 0 Å². The molecule has 0 saturated carbocycles. The monoisotopic (exact) mass is 142 g/mol. The van der Waals surface area contributed by atoms with Gasteiger partial charge in [-0.2, -0.15) is 0 Å². The molecule has 5 N–H and O–H groups in total. The summed E-state index contributed by atoms with van der Waals surface area (Å²) in [4.78, 5) is 21.2. The Bertz CT molecular complexity index is 201. The zero-order chi connectivity index (χ0) is 7.89. The van der Waals surface area contributed by atoms with Crippen molar-refractivity contribution in [3.63, 3.8) is 0 Å². The molecule has 1 aliphatic rings. The van der Waals surface area contributed by atoms with Crippen LogP contribution in [0.5, 0.6) is 0 Å². The molecule has 1 heterocycles. The molecule has 0 aromatic heterocycles. The van der Waals surface area contributed by atoms with Crippen LogP contribution >= 0.6 is 0 Å². The SMILES string of the molecule is N=C1C(=O)N(N)C(=O)C1N. The Kier molecular flexibility index (Phi) is 1.27. The van der Waals surface area contributed by atoms with Crippen LogP contribution in [-0.4, -0.2) is 28.6 Å². The lowest BCUT2D eigenvalue weighted by Crippen LogP contribution is -2.40. The first-order valence-electron chi connectivity index (χ1n) is 2.52. The number of amides is 2. The molecule has 1 unspecified atom stereocenters. The van der Waals surface area contributed by atoms with E-state index in [-0.39, 0.29) is 0 Å². The molecule has 0 aromatic rings. The third kappa shape index (κ3) is 0.630. The number of hydrogen-bond donors (Lipinski definition) is 3. The van der Waals surface area contributed by atoms with Crippen LogP contribution in [0.25, 0.3) is 0 Å². The van der Waals surface area contributed by atoms with Gasteiger partial charge < -0.3 is 5.73 Å². The van der Waals surface area contributed by atoms with E-state index < -0.39 is 23.6 Å². The van der Waals surface area contributed by atoms with Gasteiger partial charge in [0.15, 0.2) is 0 Å². The van der Waals surface area contributed by atoms with Crippen molar-refractivity contribution in [2.24, 2.45) is 11.6 Å². The van der Waals surface area contributed by atoms with E-state index in [4.69, 9.17) is 17.0 Å². The lowest BCUT2D eigenvalue weighted by atomic mass is 10.2. The summed E-state index contributed by atoms with van der Waals surface area (Å²) in [6, 6.07) is -1.17. The summed E-state index contributed by atoms with van der Waals surface area (Å²) in [7, 11) is 0. The fourth-order valence-corrected chi connectivity index (χ4v) is 0.636. The minimum atomic E-state index is -1.17. The molecule has 0 aromatic carbocycles. The van der Waals surface area contributed by atoms with Crippen LogP contribution in [0.1, 0.15) is 0 Å². The number of imide groups is 1. The summed E-state index contributed by atoms with van der Waals surface area (Å²) in [6.45, 7) is 0. The fraction of sp³-hybridized carbons (Fsp3) is 0.250. The van der Waals surface area contributed by atoms with E-state index in [1.807, 2.05) is 0 Å². The number of hydrogen-bond acceptors (Lipinski definition) is 5. The Morgan fingerprint density at radius 3 is 2.10 bits per heavy atom. The predicted molar refractivity (Wildman–Crippen MR) is 31.7 cm³/mol. The van der Waals surface area contributed by atoms with E-state index in [1.165, 1.54) is 0 Å². The zero-order valence-electron chi connectivity index (χ0n) is 5.00. The number of rotatable bonds is 0. The molecule has 0 bridgehead atoms. The standard InChI is InChI=1S/C4H6N4O2/c5-1-2(6)4(10)8(7)3(1)9/h1,6H,5,7H2. The first-order valence-corrected chi connectivity index (χ1v) is 2.52. The predicted octanol–water partition coefficient (Wildman–Crippen LogP) is -2.42. The molecule has 6 nitrogen and oxygen atoms in total. The van der Waals surface area contributed by atoms with Crippen molar-refractivity contribution in [3.8, 4) is 0 Å². The van der Waals surface area contributed by atoms with Gasteiger partial charge in [0, 0.05) is 0 Å². The molecule has 1 rings (SSSR count). The normalized spacial score (nSPS) is 26.4. The van der Waals surface area contributed by atoms with Crippen molar-refractivity contribution in [1.29, 1.82) is 5.41 Å². The molecule has 1 fully saturated rings. The molecule has 0 radical (unpaired) electrons. The molecule has 1 aliphatic heterocycles. The van der Waals surface area contributed by atoms with Crippen LogP contribution in [0.4, 0.5) is 0 Å². The van der Waals surface area contributed by atoms with Crippen molar-refractivity contribution < 1.29 is 9.59 Å². The van der Waals surface area contributed by atoms with Gasteiger partial charge in [0.2, 0.25) is 0 Å². The van der Waals surface area contributed by atoms with Gasteiger partial charge in [0.05, 0.1) is 0 Å². The van der Waals surface area contributed by atoms with Crippen molar-refractivity contribution in [1.82, 2.24) is 5.01 Å². The maximum absolute atomic E-state index is 10.6. The summed E-state index contributed by atoms with van der Waals surface area (Å²) in [5.41, 5.74) is 4.63. The topological polar surface area (TPSA) is 113 Å². The van der Waals surface area contributed by atoms with Gasteiger partial charge in [0.1, 0.15) is 11.8 Å². The maximum atomic E-state index is 10.6. The van der Waals surface area contributed by atoms with Gasteiger partial charge >= 0.3 is 0 Å².